The summed E-state index contributed by atoms with van der Waals surface area (Å²) < 4.78 is 5.85. The highest BCUT2D eigenvalue weighted by Gasteiger charge is 2.04. The molecule has 2 heteroatoms. The molecule has 0 fully saturated rings. The highest BCUT2D eigenvalue weighted by atomic mass is 16.5. The normalized spacial score (nSPS) is 10.7. The second kappa shape index (κ2) is 7.72. The Morgan fingerprint density at radius 1 is 0.952 bits per heavy atom. The van der Waals surface area contributed by atoms with Crippen molar-refractivity contribution in [3.05, 3.63) is 60.2 Å². The molecule has 0 amide bonds. The van der Waals surface area contributed by atoms with Crippen LogP contribution in [-0.2, 0) is 0 Å². The minimum Gasteiger partial charge on any atom is -0.492 e. The third-order valence-corrected chi connectivity index (χ3v) is 3.68. The Morgan fingerprint density at radius 3 is 2.19 bits per heavy atom. The average molecular weight is 283 g/mol. The van der Waals surface area contributed by atoms with Gasteiger partial charge in [0.2, 0.25) is 0 Å². The van der Waals surface area contributed by atoms with Crippen molar-refractivity contribution in [3.63, 3.8) is 0 Å². The van der Waals surface area contributed by atoms with Crippen molar-refractivity contribution >= 4 is 5.69 Å². The van der Waals surface area contributed by atoms with Crippen LogP contribution in [0.3, 0.4) is 0 Å². The SMILES string of the molecule is CCN(CCOc1ccc(C(C)C)cc1)c1ccccc1. The third-order valence-electron chi connectivity index (χ3n) is 3.68. The van der Waals surface area contributed by atoms with Crippen LogP contribution < -0.4 is 9.64 Å². The second-order valence-electron chi connectivity index (χ2n) is 5.49. The molecule has 2 aromatic carbocycles. The maximum Gasteiger partial charge on any atom is 0.119 e. The van der Waals surface area contributed by atoms with Gasteiger partial charge in [-0.1, -0.05) is 44.2 Å². The van der Waals surface area contributed by atoms with E-state index in [9.17, 15) is 0 Å². The summed E-state index contributed by atoms with van der Waals surface area (Å²) in [5.41, 5.74) is 2.60. The summed E-state index contributed by atoms with van der Waals surface area (Å²) in [5, 5.41) is 0. The zero-order valence-corrected chi connectivity index (χ0v) is 13.3. The number of hydrogen-bond acceptors (Lipinski definition) is 2. The molecule has 0 aliphatic rings. The minimum absolute atomic E-state index is 0.563. The van der Waals surface area contributed by atoms with E-state index in [1.54, 1.807) is 0 Å². The average Bonchev–Trinajstić information content (AvgIpc) is 2.53. The lowest BCUT2D eigenvalue weighted by molar-refractivity contribution is 0.324. The summed E-state index contributed by atoms with van der Waals surface area (Å²) in [7, 11) is 0. The number of benzene rings is 2. The molecule has 2 aromatic rings. The van der Waals surface area contributed by atoms with Crippen molar-refractivity contribution < 1.29 is 4.74 Å². The molecule has 0 spiro atoms. The van der Waals surface area contributed by atoms with Crippen LogP contribution in [0.15, 0.2) is 54.6 Å². The maximum atomic E-state index is 5.85. The molecule has 21 heavy (non-hydrogen) atoms. The summed E-state index contributed by atoms with van der Waals surface area (Å²) in [6.45, 7) is 9.16. The quantitative estimate of drug-likeness (QED) is 0.729. The van der Waals surface area contributed by atoms with E-state index in [2.05, 4.69) is 74.2 Å². The molecule has 0 saturated carbocycles. The lowest BCUT2D eigenvalue weighted by Gasteiger charge is -2.23. The van der Waals surface area contributed by atoms with Crippen molar-refractivity contribution in [1.29, 1.82) is 0 Å². The van der Waals surface area contributed by atoms with E-state index in [0.29, 0.717) is 12.5 Å². The van der Waals surface area contributed by atoms with Crippen LogP contribution in [0.4, 0.5) is 5.69 Å². The number of ether oxygens (including phenoxy) is 1. The number of hydrogen-bond donors (Lipinski definition) is 0. The fourth-order valence-corrected chi connectivity index (χ4v) is 2.33. The van der Waals surface area contributed by atoms with Gasteiger partial charge in [0.1, 0.15) is 12.4 Å². The van der Waals surface area contributed by atoms with Crippen molar-refractivity contribution in [2.45, 2.75) is 26.7 Å². The summed E-state index contributed by atoms with van der Waals surface area (Å²) >= 11 is 0. The summed E-state index contributed by atoms with van der Waals surface area (Å²) in [6.07, 6.45) is 0. The highest BCUT2D eigenvalue weighted by molar-refractivity contribution is 5.45. The summed E-state index contributed by atoms with van der Waals surface area (Å²) in [4.78, 5) is 2.32. The van der Waals surface area contributed by atoms with Crippen molar-refractivity contribution in [1.82, 2.24) is 0 Å². The molecule has 0 N–H and O–H groups in total. The van der Waals surface area contributed by atoms with E-state index >= 15 is 0 Å². The molecule has 0 atom stereocenters. The van der Waals surface area contributed by atoms with Crippen LogP contribution in [0.25, 0.3) is 0 Å². The van der Waals surface area contributed by atoms with Gasteiger partial charge in [0.15, 0.2) is 0 Å². The number of anilines is 1. The predicted octanol–water partition coefficient (Wildman–Crippen LogP) is 4.72. The van der Waals surface area contributed by atoms with Gasteiger partial charge in [-0.15, -0.1) is 0 Å². The second-order valence-corrected chi connectivity index (χ2v) is 5.49. The molecular weight excluding hydrogens is 258 g/mol. The van der Waals surface area contributed by atoms with Crippen LogP contribution in [-0.4, -0.2) is 19.7 Å². The van der Waals surface area contributed by atoms with E-state index < -0.39 is 0 Å². The number of likely N-dealkylation sites (N-methyl/N-ethyl adjacent to an activating group) is 1. The van der Waals surface area contributed by atoms with E-state index in [1.807, 2.05) is 6.07 Å². The largest absolute Gasteiger partial charge is 0.492 e. The predicted molar refractivity (Wildman–Crippen MR) is 90.4 cm³/mol. The molecular formula is C19H25NO. The van der Waals surface area contributed by atoms with Crippen LogP contribution in [0.2, 0.25) is 0 Å². The Bertz CT molecular complexity index is 519. The van der Waals surface area contributed by atoms with Crippen molar-refractivity contribution in [2.75, 3.05) is 24.6 Å². The first-order chi connectivity index (χ1) is 10.2. The van der Waals surface area contributed by atoms with Gasteiger partial charge in [0, 0.05) is 12.2 Å². The molecule has 0 radical (unpaired) electrons. The topological polar surface area (TPSA) is 12.5 Å². The van der Waals surface area contributed by atoms with Gasteiger partial charge >= 0.3 is 0 Å². The Morgan fingerprint density at radius 2 is 1.62 bits per heavy atom. The number of nitrogens with zero attached hydrogens (tertiary/aromatic N) is 1. The van der Waals surface area contributed by atoms with Gasteiger partial charge in [-0.3, -0.25) is 0 Å². The first kappa shape index (κ1) is 15.4. The molecule has 0 heterocycles. The molecule has 2 nitrogen and oxygen atoms in total. The van der Waals surface area contributed by atoms with E-state index in [-0.39, 0.29) is 0 Å². The standard InChI is InChI=1S/C19H25NO/c1-4-20(18-8-6-5-7-9-18)14-15-21-19-12-10-17(11-13-19)16(2)3/h5-13,16H,4,14-15H2,1-3H3. The Balaban J connectivity index is 1.85. The molecule has 0 saturated heterocycles. The number of para-hydroxylation sites is 1. The Hall–Kier alpha value is -1.96. The monoisotopic (exact) mass is 283 g/mol. The van der Waals surface area contributed by atoms with Crippen molar-refractivity contribution in [3.8, 4) is 5.75 Å². The molecule has 0 aliphatic carbocycles. The van der Waals surface area contributed by atoms with Crippen LogP contribution in [0, 0.1) is 0 Å². The Kier molecular flexibility index (Phi) is 5.68. The molecule has 0 unspecified atom stereocenters. The lowest BCUT2D eigenvalue weighted by Crippen LogP contribution is -2.27. The van der Waals surface area contributed by atoms with Gasteiger partial charge in [-0.05, 0) is 42.7 Å². The first-order valence-electron chi connectivity index (χ1n) is 7.73. The van der Waals surface area contributed by atoms with Gasteiger partial charge in [0.05, 0.1) is 6.54 Å². The zero-order valence-electron chi connectivity index (χ0n) is 13.3. The molecule has 2 rings (SSSR count). The molecule has 0 aliphatic heterocycles. The fraction of sp³-hybridized carbons (Fsp3) is 0.368. The summed E-state index contributed by atoms with van der Waals surface area (Å²) in [5.74, 6) is 1.51. The number of rotatable bonds is 7. The van der Waals surface area contributed by atoms with Crippen LogP contribution >= 0.6 is 0 Å². The fourth-order valence-electron chi connectivity index (χ4n) is 2.33. The maximum absolute atomic E-state index is 5.85. The molecule has 0 aromatic heterocycles. The smallest absolute Gasteiger partial charge is 0.119 e. The van der Waals surface area contributed by atoms with Crippen LogP contribution in [0.5, 0.6) is 5.75 Å². The van der Waals surface area contributed by atoms with Crippen molar-refractivity contribution in [2.24, 2.45) is 0 Å². The minimum atomic E-state index is 0.563. The highest BCUT2D eigenvalue weighted by Crippen LogP contribution is 2.19. The first-order valence-corrected chi connectivity index (χ1v) is 7.73. The third kappa shape index (κ3) is 4.52. The van der Waals surface area contributed by atoms with Gasteiger partial charge < -0.3 is 9.64 Å². The summed E-state index contributed by atoms with van der Waals surface area (Å²) in [6, 6.07) is 18.9. The zero-order chi connectivity index (χ0) is 15.1. The lowest BCUT2D eigenvalue weighted by atomic mass is 10.0. The molecule has 0 bridgehead atoms. The van der Waals surface area contributed by atoms with E-state index in [4.69, 9.17) is 4.74 Å². The van der Waals surface area contributed by atoms with Crippen LogP contribution in [0.1, 0.15) is 32.3 Å². The van der Waals surface area contributed by atoms with E-state index in [1.165, 1.54) is 11.3 Å². The molecule has 112 valence electrons. The van der Waals surface area contributed by atoms with Gasteiger partial charge in [-0.2, -0.15) is 0 Å². The van der Waals surface area contributed by atoms with Gasteiger partial charge in [-0.25, -0.2) is 0 Å². The van der Waals surface area contributed by atoms with E-state index in [0.717, 1.165) is 18.8 Å². The Labute approximate surface area is 128 Å². The van der Waals surface area contributed by atoms with Gasteiger partial charge in [0.25, 0.3) is 0 Å².